The van der Waals surface area contributed by atoms with Gasteiger partial charge in [-0.15, -0.1) is 0 Å². The summed E-state index contributed by atoms with van der Waals surface area (Å²) in [5, 5.41) is 0. The highest BCUT2D eigenvalue weighted by Gasteiger charge is 2.16. The Hall–Kier alpha value is -0.820. The van der Waals surface area contributed by atoms with E-state index in [-0.39, 0.29) is 0 Å². The summed E-state index contributed by atoms with van der Waals surface area (Å²) in [7, 11) is 0. The van der Waals surface area contributed by atoms with Crippen LogP contribution >= 0.6 is 0 Å². The van der Waals surface area contributed by atoms with Crippen LogP contribution in [0.1, 0.15) is 39.0 Å². The molecule has 0 N–H and O–H groups in total. The summed E-state index contributed by atoms with van der Waals surface area (Å²) in [6.07, 6.45) is 12.4. The maximum absolute atomic E-state index is 5.93. The molecule has 0 bridgehead atoms. The summed E-state index contributed by atoms with van der Waals surface area (Å²) in [4.78, 5) is 0. The van der Waals surface area contributed by atoms with Crippen molar-refractivity contribution in [2.75, 3.05) is 6.61 Å². The van der Waals surface area contributed by atoms with E-state index >= 15 is 0 Å². The van der Waals surface area contributed by atoms with E-state index in [4.69, 9.17) is 4.74 Å². The molecule has 2 unspecified atom stereocenters. The molecule has 0 radical (unpaired) electrons. The number of ether oxygens (including phenoxy) is 1. The minimum atomic E-state index is 0.443. The molecular weight excluding hydrogens is 196 g/mol. The summed E-state index contributed by atoms with van der Waals surface area (Å²) in [6.45, 7) is 10.5. The van der Waals surface area contributed by atoms with Crippen molar-refractivity contribution in [3.63, 3.8) is 0 Å². The molecule has 0 aromatic rings. The van der Waals surface area contributed by atoms with E-state index in [9.17, 15) is 0 Å². The Labute approximate surface area is 99.9 Å². The fourth-order valence-electron chi connectivity index (χ4n) is 2.16. The lowest BCUT2D eigenvalue weighted by atomic mass is 10.0. The van der Waals surface area contributed by atoms with Crippen molar-refractivity contribution >= 4 is 0 Å². The third-order valence-corrected chi connectivity index (χ3v) is 3.28. The normalized spacial score (nSPS) is 27.2. The van der Waals surface area contributed by atoms with E-state index in [1.165, 1.54) is 32.1 Å². The van der Waals surface area contributed by atoms with Crippen LogP contribution < -0.4 is 0 Å². The Morgan fingerprint density at radius 3 is 2.75 bits per heavy atom. The van der Waals surface area contributed by atoms with Gasteiger partial charge in [0.2, 0.25) is 0 Å². The van der Waals surface area contributed by atoms with Crippen LogP contribution in [0.4, 0.5) is 0 Å². The Balaban J connectivity index is 2.33. The zero-order valence-corrected chi connectivity index (χ0v) is 10.5. The molecule has 16 heavy (non-hydrogen) atoms. The number of hydrogen-bond acceptors (Lipinski definition) is 1. The summed E-state index contributed by atoms with van der Waals surface area (Å²) in [5.74, 6) is 0.871. The largest absolute Gasteiger partial charge is 0.374 e. The maximum Gasteiger partial charge on any atom is 0.0720 e. The van der Waals surface area contributed by atoms with E-state index < -0.39 is 0 Å². The molecule has 1 aliphatic carbocycles. The molecule has 1 saturated carbocycles. The molecule has 0 aliphatic heterocycles. The van der Waals surface area contributed by atoms with Crippen molar-refractivity contribution in [3.8, 4) is 0 Å². The summed E-state index contributed by atoms with van der Waals surface area (Å²) in [5.41, 5.74) is 1.12. The predicted molar refractivity (Wildman–Crippen MR) is 70.5 cm³/mol. The fraction of sp³-hybridized carbons (Fsp3) is 0.600. The molecule has 0 heterocycles. The van der Waals surface area contributed by atoms with Crippen molar-refractivity contribution in [1.82, 2.24) is 0 Å². The molecule has 2 atom stereocenters. The van der Waals surface area contributed by atoms with E-state index in [1.54, 1.807) is 6.08 Å². The van der Waals surface area contributed by atoms with Gasteiger partial charge in [0.15, 0.2) is 0 Å². The van der Waals surface area contributed by atoms with E-state index in [2.05, 4.69) is 20.1 Å². The molecule has 1 aliphatic rings. The van der Waals surface area contributed by atoms with Crippen LogP contribution in [-0.2, 0) is 4.74 Å². The van der Waals surface area contributed by atoms with E-state index in [0.717, 1.165) is 11.5 Å². The van der Waals surface area contributed by atoms with Gasteiger partial charge in [0, 0.05) is 0 Å². The van der Waals surface area contributed by atoms with Gasteiger partial charge in [0.25, 0.3) is 0 Å². The van der Waals surface area contributed by atoms with Crippen molar-refractivity contribution < 1.29 is 4.74 Å². The zero-order chi connectivity index (χ0) is 11.8. The van der Waals surface area contributed by atoms with Crippen molar-refractivity contribution in [3.05, 3.63) is 37.0 Å². The standard InChI is InChI=1S/C15H24O/c1-4-7-14(5-2)12-16-15-9-6-8-13(3)10-11-15/h4-5,7,13,15H,1-2,6,8-12H2,3H3/b14-7+. The Bertz CT molecular complexity index is 252. The third kappa shape index (κ3) is 4.80. The summed E-state index contributed by atoms with van der Waals surface area (Å²) >= 11 is 0. The highest BCUT2D eigenvalue weighted by Crippen LogP contribution is 2.24. The van der Waals surface area contributed by atoms with Crippen LogP contribution in [0.2, 0.25) is 0 Å². The van der Waals surface area contributed by atoms with Gasteiger partial charge in [-0.3, -0.25) is 0 Å². The average molecular weight is 220 g/mol. The van der Waals surface area contributed by atoms with Gasteiger partial charge < -0.3 is 4.74 Å². The molecule has 1 fully saturated rings. The van der Waals surface area contributed by atoms with Crippen LogP contribution in [0, 0.1) is 5.92 Å². The lowest BCUT2D eigenvalue weighted by Crippen LogP contribution is -2.13. The molecule has 1 rings (SSSR count). The molecule has 0 aromatic carbocycles. The molecule has 0 amide bonds. The molecule has 0 aromatic heterocycles. The quantitative estimate of drug-likeness (QED) is 0.496. The zero-order valence-electron chi connectivity index (χ0n) is 10.5. The molecule has 1 nitrogen and oxygen atoms in total. The van der Waals surface area contributed by atoms with Crippen molar-refractivity contribution in [1.29, 1.82) is 0 Å². The highest BCUT2D eigenvalue weighted by molar-refractivity contribution is 5.21. The first-order valence-electron chi connectivity index (χ1n) is 6.32. The van der Waals surface area contributed by atoms with Crippen LogP contribution in [0.5, 0.6) is 0 Å². The minimum absolute atomic E-state index is 0.443. The van der Waals surface area contributed by atoms with Gasteiger partial charge in [-0.05, 0) is 30.8 Å². The van der Waals surface area contributed by atoms with Gasteiger partial charge in [-0.25, -0.2) is 0 Å². The maximum atomic E-state index is 5.93. The lowest BCUT2D eigenvalue weighted by molar-refractivity contribution is 0.0594. The van der Waals surface area contributed by atoms with Crippen LogP contribution in [-0.4, -0.2) is 12.7 Å². The van der Waals surface area contributed by atoms with Gasteiger partial charge in [0.1, 0.15) is 0 Å². The Morgan fingerprint density at radius 2 is 2.06 bits per heavy atom. The molecule has 90 valence electrons. The topological polar surface area (TPSA) is 9.23 Å². The molecular formula is C15H24O. The fourth-order valence-corrected chi connectivity index (χ4v) is 2.16. The minimum Gasteiger partial charge on any atom is -0.374 e. The number of allylic oxidation sites excluding steroid dienone is 2. The van der Waals surface area contributed by atoms with Crippen LogP contribution in [0.25, 0.3) is 0 Å². The number of hydrogen-bond donors (Lipinski definition) is 0. The van der Waals surface area contributed by atoms with Gasteiger partial charge in [0.05, 0.1) is 12.7 Å². The first-order valence-corrected chi connectivity index (χ1v) is 6.32. The van der Waals surface area contributed by atoms with Crippen LogP contribution in [0.15, 0.2) is 37.0 Å². The summed E-state index contributed by atoms with van der Waals surface area (Å²) in [6, 6.07) is 0. The highest BCUT2D eigenvalue weighted by atomic mass is 16.5. The molecule has 0 saturated heterocycles. The second-order valence-corrected chi connectivity index (χ2v) is 4.73. The van der Waals surface area contributed by atoms with Crippen molar-refractivity contribution in [2.45, 2.75) is 45.1 Å². The van der Waals surface area contributed by atoms with E-state index in [0.29, 0.717) is 12.7 Å². The van der Waals surface area contributed by atoms with E-state index in [1.807, 2.05) is 12.2 Å². The Morgan fingerprint density at radius 1 is 1.25 bits per heavy atom. The first-order chi connectivity index (χ1) is 7.76. The monoisotopic (exact) mass is 220 g/mol. The average Bonchev–Trinajstić information content (AvgIpc) is 2.49. The Kier molecular flexibility index (Phi) is 6.17. The van der Waals surface area contributed by atoms with Crippen molar-refractivity contribution in [2.24, 2.45) is 5.92 Å². The van der Waals surface area contributed by atoms with Crippen LogP contribution in [0.3, 0.4) is 0 Å². The summed E-state index contributed by atoms with van der Waals surface area (Å²) < 4.78 is 5.93. The SMILES string of the molecule is C=C/C=C(\C=C)COC1CCCC(C)CC1. The smallest absolute Gasteiger partial charge is 0.0720 e. The molecule has 1 heteroatoms. The van der Waals surface area contributed by atoms with Gasteiger partial charge in [-0.2, -0.15) is 0 Å². The predicted octanol–water partition coefficient (Wildman–Crippen LogP) is 4.27. The second kappa shape index (κ2) is 7.45. The third-order valence-electron chi connectivity index (χ3n) is 3.28. The lowest BCUT2D eigenvalue weighted by Gasteiger charge is -2.15. The van der Waals surface area contributed by atoms with Gasteiger partial charge >= 0.3 is 0 Å². The molecule has 0 spiro atoms. The number of rotatable bonds is 5. The van der Waals surface area contributed by atoms with Gasteiger partial charge in [-0.1, -0.05) is 51.2 Å². The second-order valence-electron chi connectivity index (χ2n) is 4.73. The first kappa shape index (κ1) is 13.2.